The van der Waals surface area contributed by atoms with Crippen molar-refractivity contribution in [2.24, 2.45) is 5.92 Å². The summed E-state index contributed by atoms with van der Waals surface area (Å²) < 4.78 is 0. The van der Waals surface area contributed by atoms with Crippen LogP contribution in [0.3, 0.4) is 0 Å². The van der Waals surface area contributed by atoms with Crippen molar-refractivity contribution in [2.45, 2.75) is 32.4 Å². The van der Waals surface area contributed by atoms with Crippen LogP contribution in [0.2, 0.25) is 0 Å². The Morgan fingerprint density at radius 2 is 1.33 bits per heavy atom. The standard InChI is InChI=1S/C26H27N3O4/c1-19(26(31)28-18-21-12-6-3-7-13-21)23(22-14-8-9-15-24(22)29(32)33)16-25(30)27-17-20-10-4-2-5-11-20/h2-15,19,23H,16-18H2,1H3,(H,27,30)(H,28,31)/t19-,23-/m0/s1. The van der Waals surface area contributed by atoms with Gasteiger partial charge in [0.05, 0.1) is 4.92 Å². The predicted octanol–water partition coefficient (Wildman–Crippen LogP) is 4.34. The lowest BCUT2D eigenvalue weighted by molar-refractivity contribution is -0.385. The molecule has 0 aromatic heterocycles. The lowest BCUT2D eigenvalue weighted by Crippen LogP contribution is -2.35. The summed E-state index contributed by atoms with van der Waals surface area (Å²) in [7, 11) is 0. The summed E-state index contributed by atoms with van der Waals surface area (Å²) in [5.41, 5.74) is 2.17. The maximum Gasteiger partial charge on any atom is 0.272 e. The van der Waals surface area contributed by atoms with Gasteiger partial charge in [-0.15, -0.1) is 0 Å². The van der Waals surface area contributed by atoms with Crippen LogP contribution in [-0.2, 0) is 22.7 Å². The Labute approximate surface area is 193 Å². The van der Waals surface area contributed by atoms with Crippen molar-refractivity contribution in [3.8, 4) is 0 Å². The maximum atomic E-state index is 13.0. The predicted molar refractivity (Wildman–Crippen MR) is 126 cm³/mol. The van der Waals surface area contributed by atoms with Crippen LogP contribution in [-0.4, -0.2) is 16.7 Å². The topological polar surface area (TPSA) is 101 Å². The third-order valence-corrected chi connectivity index (χ3v) is 5.60. The Bertz CT molecular complexity index is 1090. The minimum absolute atomic E-state index is 0.0440. The van der Waals surface area contributed by atoms with Gasteiger partial charge in [-0.25, -0.2) is 0 Å². The second kappa shape index (κ2) is 11.6. The van der Waals surface area contributed by atoms with Crippen molar-refractivity contribution in [3.05, 3.63) is 112 Å². The van der Waals surface area contributed by atoms with Gasteiger partial charge in [-0.1, -0.05) is 85.8 Å². The summed E-state index contributed by atoms with van der Waals surface area (Å²) in [6.07, 6.45) is -0.0440. The van der Waals surface area contributed by atoms with Crippen molar-refractivity contribution in [1.29, 1.82) is 0 Å². The molecule has 0 unspecified atom stereocenters. The zero-order valence-electron chi connectivity index (χ0n) is 18.4. The van der Waals surface area contributed by atoms with Crippen LogP contribution in [0.25, 0.3) is 0 Å². The molecule has 0 fully saturated rings. The first-order valence-electron chi connectivity index (χ1n) is 10.8. The average molecular weight is 446 g/mol. The van der Waals surface area contributed by atoms with Crippen LogP contribution in [0, 0.1) is 16.0 Å². The molecule has 2 amide bonds. The molecule has 0 spiro atoms. The van der Waals surface area contributed by atoms with Crippen LogP contribution < -0.4 is 10.6 Å². The Morgan fingerprint density at radius 3 is 1.91 bits per heavy atom. The lowest BCUT2D eigenvalue weighted by Gasteiger charge is -2.23. The van der Waals surface area contributed by atoms with Crippen molar-refractivity contribution in [2.75, 3.05) is 0 Å². The zero-order valence-corrected chi connectivity index (χ0v) is 18.4. The minimum atomic E-state index is -0.655. The highest BCUT2D eigenvalue weighted by molar-refractivity contribution is 5.82. The van der Waals surface area contributed by atoms with E-state index in [4.69, 9.17) is 0 Å². The quantitative estimate of drug-likeness (QED) is 0.358. The van der Waals surface area contributed by atoms with Gasteiger partial charge in [0.2, 0.25) is 11.8 Å². The summed E-state index contributed by atoms with van der Waals surface area (Å²) in [6, 6.07) is 25.2. The molecule has 0 radical (unpaired) electrons. The lowest BCUT2D eigenvalue weighted by atomic mass is 9.82. The van der Waals surface area contributed by atoms with Crippen LogP contribution in [0.15, 0.2) is 84.9 Å². The molecule has 3 aromatic carbocycles. The van der Waals surface area contributed by atoms with E-state index in [1.54, 1.807) is 25.1 Å². The fraction of sp³-hybridized carbons (Fsp3) is 0.231. The zero-order chi connectivity index (χ0) is 23.6. The molecule has 7 nitrogen and oxygen atoms in total. The van der Waals surface area contributed by atoms with Crippen LogP contribution in [0.5, 0.6) is 0 Å². The van der Waals surface area contributed by atoms with E-state index in [9.17, 15) is 19.7 Å². The number of nitrogens with zero attached hydrogens (tertiary/aromatic N) is 1. The molecule has 7 heteroatoms. The number of para-hydroxylation sites is 1. The van der Waals surface area contributed by atoms with Crippen molar-refractivity contribution >= 4 is 17.5 Å². The summed E-state index contributed by atoms with van der Waals surface area (Å²) in [5.74, 6) is -1.85. The highest BCUT2D eigenvalue weighted by Gasteiger charge is 2.32. The fourth-order valence-electron chi connectivity index (χ4n) is 3.72. The second-order valence-corrected chi connectivity index (χ2v) is 7.88. The van der Waals surface area contributed by atoms with E-state index in [0.29, 0.717) is 18.7 Å². The molecule has 0 aliphatic heterocycles. The van der Waals surface area contributed by atoms with Crippen molar-refractivity contribution in [3.63, 3.8) is 0 Å². The molecule has 0 saturated carbocycles. The van der Waals surface area contributed by atoms with Gasteiger partial charge in [0, 0.05) is 43.0 Å². The highest BCUT2D eigenvalue weighted by atomic mass is 16.6. The SMILES string of the molecule is C[C@H](C(=O)NCc1ccccc1)[C@H](CC(=O)NCc1ccccc1)c1ccccc1[N+](=O)[O-]. The fourth-order valence-corrected chi connectivity index (χ4v) is 3.72. The van der Waals surface area contributed by atoms with E-state index in [1.165, 1.54) is 6.07 Å². The number of hydrogen-bond donors (Lipinski definition) is 2. The third kappa shape index (κ3) is 6.74. The Balaban J connectivity index is 1.76. The Kier molecular flexibility index (Phi) is 8.30. The first-order valence-corrected chi connectivity index (χ1v) is 10.8. The Hall–Kier alpha value is -4.00. The molecule has 33 heavy (non-hydrogen) atoms. The minimum Gasteiger partial charge on any atom is -0.352 e. The molecule has 3 rings (SSSR count). The van der Waals surface area contributed by atoms with Gasteiger partial charge in [0.1, 0.15) is 0 Å². The van der Waals surface area contributed by atoms with E-state index in [1.807, 2.05) is 60.7 Å². The highest BCUT2D eigenvalue weighted by Crippen LogP contribution is 2.34. The van der Waals surface area contributed by atoms with E-state index in [-0.39, 0.29) is 23.9 Å². The number of carbonyl (C=O) groups is 2. The first kappa shape index (κ1) is 23.7. The largest absolute Gasteiger partial charge is 0.352 e. The first-order chi connectivity index (χ1) is 16.0. The number of nitrogens with one attached hydrogen (secondary N) is 2. The number of hydrogen-bond acceptors (Lipinski definition) is 4. The van der Waals surface area contributed by atoms with Gasteiger partial charge in [-0.3, -0.25) is 19.7 Å². The van der Waals surface area contributed by atoms with Gasteiger partial charge in [-0.05, 0) is 11.1 Å². The van der Waals surface area contributed by atoms with Gasteiger partial charge in [0.15, 0.2) is 0 Å². The molecule has 0 heterocycles. The van der Waals surface area contributed by atoms with Crippen molar-refractivity contribution in [1.82, 2.24) is 10.6 Å². The van der Waals surface area contributed by atoms with Gasteiger partial charge in [0.25, 0.3) is 5.69 Å². The molecule has 3 aromatic rings. The number of nitro benzene ring substituents is 1. The molecule has 0 aliphatic rings. The number of benzene rings is 3. The van der Waals surface area contributed by atoms with E-state index in [0.717, 1.165) is 11.1 Å². The average Bonchev–Trinajstić information content (AvgIpc) is 2.85. The van der Waals surface area contributed by atoms with Gasteiger partial charge < -0.3 is 10.6 Å². The van der Waals surface area contributed by atoms with Crippen LogP contribution in [0.1, 0.15) is 36.0 Å². The summed E-state index contributed by atoms with van der Waals surface area (Å²) in [6.45, 7) is 2.39. The molecular formula is C26H27N3O4. The molecule has 170 valence electrons. The summed E-state index contributed by atoms with van der Waals surface area (Å²) in [4.78, 5) is 36.9. The van der Waals surface area contributed by atoms with E-state index < -0.39 is 16.8 Å². The number of amides is 2. The monoisotopic (exact) mass is 445 g/mol. The van der Waals surface area contributed by atoms with Crippen LogP contribution in [0.4, 0.5) is 5.69 Å². The summed E-state index contributed by atoms with van der Waals surface area (Å²) >= 11 is 0. The smallest absolute Gasteiger partial charge is 0.272 e. The number of rotatable bonds is 10. The van der Waals surface area contributed by atoms with Crippen molar-refractivity contribution < 1.29 is 14.5 Å². The van der Waals surface area contributed by atoms with Crippen LogP contribution >= 0.6 is 0 Å². The normalized spacial score (nSPS) is 12.4. The molecule has 2 N–H and O–H groups in total. The molecular weight excluding hydrogens is 418 g/mol. The molecule has 0 aliphatic carbocycles. The third-order valence-electron chi connectivity index (χ3n) is 5.60. The second-order valence-electron chi connectivity index (χ2n) is 7.88. The van der Waals surface area contributed by atoms with Gasteiger partial charge in [-0.2, -0.15) is 0 Å². The molecule has 2 atom stereocenters. The molecule has 0 bridgehead atoms. The van der Waals surface area contributed by atoms with Gasteiger partial charge >= 0.3 is 0 Å². The van der Waals surface area contributed by atoms with E-state index >= 15 is 0 Å². The number of carbonyl (C=O) groups excluding carboxylic acids is 2. The van der Waals surface area contributed by atoms with E-state index in [2.05, 4.69) is 10.6 Å². The summed E-state index contributed by atoms with van der Waals surface area (Å²) in [5, 5.41) is 17.4. The maximum absolute atomic E-state index is 13.0. The molecule has 0 saturated heterocycles. The Morgan fingerprint density at radius 1 is 0.818 bits per heavy atom. The number of nitro groups is 1.